The largest absolute Gasteiger partial charge is 0.477 e. The highest BCUT2D eigenvalue weighted by molar-refractivity contribution is 5.88. The summed E-state index contributed by atoms with van der Waals surface area (Å²) in [5, 5.41) is 8.91. The number of aromatic nitrogens is 3. The van der Waals surface area contributed by atoms with Crippen LogP contribution in [0.25, 0.3) is 11.2 Å². The average Bonchev–Trinajstić information content (AvgIpc) is 3.04. The lowest BCUT2D eigenvalue weighted by Crippen LogP contribution is -2.13. The third-order valence-electron chi connectivity index (χ3n) is 3.43. The number of alkyl halides is 1. The van der Waals surface area contributed by atoms with Crippen LogP contribution in [0.5, 0.6) is 0 Å². The number of hydrogen-bond donors (Lipinski definition) is 1. The smallest absolute Gasteiger partial charge is 0.354 e. The summed E-state index contributed by atoms with van der Waals surface area (Å²) in [4.78, 5) is 19.1. The first-order chi connectivity index (χ1) is 8.63. The zero-order valence-electron chi connectivity index (χ0n) is 9.64. The molecule has 2 aromatic rings. The van der Waals surface area contributed by atoms with Crippen molar-refractivity contribution in [2.45, 2.75) is 19.4 Å². The summed E-state index contributed by atoms with van der Waals surface area (Å²) < 4.78 is 14.6. The van der Waals surface area contributed by atoms with Crippen LogP contribution < -0.4 is 0 Å². The summed E-state index contributed by atoms with van der Waals surface area (Å²) >= 11 is 0. The number of halogens is 1. The number of hydrogen-bond acceptors (Lipinski definition) is 3. The SMILES string of the molecule is O=C(O)c1ccc2ncn(CC3(CF)CC3)c2n1. The molecular formula is C12H12FN3O2. The molecule has 0 aliphatic heterocycles. The van der Waals surface area contributed by atoms with Gasteiger partial charge in [0, 0.05) is 12.0 Å². The van der Waals surface area contributed by atoms with E-state index in [1.165, 1.54) is 6.07 Å². The van der Waals surface area contributed by atoms with Gasteiger partial charge in [-0.15, -0.1) is 0 Å². The fourth-order valence-corrected chi connectivity index (χ4v) is 2.05. The quantitative estimate of drug-likeness (QED) is 0.898. The Morgan fingerprint density at radius 1 is 1.50 bits per heavy atom. The molecule has 5 nitrogen and oxygen atoms in total. The highest BCUT2D eigenvalue weighted by Gasteiger charge is 2.43. The van der Waals surface area contributed by atoms with E-state index in [1.807, 2.05) is 0 Å². The lowest BCUT2D eigenvalue weighted by atomic mass is 10.1. The minimum atomic E-state index is -1.07. The molecule has 2 aromatic heterocycles. The maximum Gasteiger partial charge on any atom is 0.354 e. The van der Waals surface area contributed by atoms with Crippen molar-refractivity contribution in [1.29, 1.82) is 0 Å². The summed E-state index contributed by atoms with van der Waals surface area (Å²) in [5.41, 5.74) is 0.841. The zero-order valence-corrected chi connectivity index (χ0v) is 9.64. The Labute approximate surface area is 102 Å². The summed E-state index contributed by atoms with van der Waals surface area (Å²) in [6.45, 7) is 0.154. The molecular weight excluding hydrogens is 237 g/mol. The second-order valence-electron chi connectivity index (χ2n) is 4.85. The van der Waals surface area contributed by atoms with Crippen LogP contribution in [-0.2, 0) is 6.54 Å². The number of carboxylic acids is 1. The molecule has 1 N–H and O–H groups in total. The van der Waals surface area contributed by atoms with Crippen molar-refractivity contribution in [1.82, 2.24) is 14.5 Å². The van der Waals surface area contributed by atoms with Gasteiger partial charge in [-0.25, -0.2) is 14.8 Å². The molecule has 0 bridgehead atoms. The predicted molar refractivity (Wildman–Crippen MR) is 62.1 cm³/mol. The van der Waals surface area contributed by atoms with Gasteiger partial charge in [0.1, 0.15) is 5.52 Å². The number of imidazole rings is 1. The molecule has 0 amide bonds. The third kappa shape index (κ3) is 1.73. The Morgan fingerprint density at radius 2 is 2.28 bits per heavy atom. The fraction of sp³-hybridized carbons (Fsp3) is 0.417. The lowest BCUT2D eigenvalue weighted by molar-refractivity contribution is 0.0691. The van der Waals surface area contributed by atoms with E-state index in [-0.39, 0.29) is 17.8 Å². The van der Waals surface area contributed by atoms with Crippen LogP contribution in [0.1, 0.15) is 23.3 Å². The summed E-state index contributed by atoms with van der Waals surface area (Å²) in [6.07, 6.45) is 3.32. The van der Waals surface area contributed by atoms with Crippen molar-refractivity contribution in [2.24, 2.45) is 5.41 Å². The Morgan fingerprint density at radius 3 is 2.89 bits per heavy atom. The standard InChI is InChI=1S/C12H12FN3O2/c13-5-12(3-4-12)6-16-7-14-8-1-2-9(11(17)18)15-10(8)16/h1-2,7H,3-6H2,(H,17,18). The molecule has 1 aliphatic rings. The number of fused-ring (bicyclic) bond motifs is 1. The van der Waals surface area contributed by atoms with Crippen LogP contribution in [0.3, 0.4) is 0 Å². The number of nitrogens with zero attached hydrogens (tertiary/aromatic N) is 3. The highest BCUT2D eigenvalue weighted by atomic mass is 19.1. The first kappa shape index (κ1) is 11.1. The second-order valence-corrected chi connectivity index (χ2v) is 4.85. The van der Waals surface area contributed by atoms with Gasteiger partial charge in [-0.05, 0) is 25.0 Å². The van der Waals surface area contributed by atoms with E-state index < -0.39 is 5.97 Å². The van der Waals surface area contributed by atoms with Crippen LogP contribution in [-0.4, -0.2) is 32.3 Å². The Kier molecular flexibility index (Phi) is 2.33. The minimum Gasteiger partial charge on any atom is -0.477 e. The molecule has 1 fully saturated rings. The molecule has 2 heterocycles. The van der Waals surface area contributed by atoms with Crippen molar-refractivity contribution in [3.63, 3.8) is 0 Å². The van der Waals surface area contributed by atoms with Gasteiger partial charge in [0.25, 0.3) is 0 Å². The van der Waals surface area contributed by atoms with Crippen LogP contribution in [0, 0.1) is 5.41 Å². The summed E-state index contributed by atoms with van der Waals surface area (Å²) in [5.74, 6) is -1.07. The second kappa shape index (κ2) is 3.76. The van der Waals surface area contributed by atoms with Crippen molar-refractivity contribution in [2.75, 3.05) is 6.67 Å². The topological polar surface area (TPSA) is 68.0 Å². The van der Waals surface area contributed by atoms with E-state index in [0.29, 0.717) is 17.7 Å². The van der Waals surface area contributed by atoms with Gasteiger partial charge in [0.2, 0.25) is 0 Å². The van der Waals surface area contributed by atoms with E-state index in [9.17, 15) is 9.18 Å². The van der Waals surface area contributed by atoms with Crippen molar-refractivity contribution < 1.29 is 14.3 Å². The normalized spacial score (nSPS) is 16.9. The van der Waals surface area contributed by atoms with Crippen LogP contribution in [0.15, 0.2) is 18.5 Å². The molecule has 0 radical (unpaired) electrons. The van der Waals surface area contributed by atoms with E-state index in [4.69, 9.17) is 5.11 Å². The molecule has 0 aromatic carbocycles. The van der Waals surface area contributed by atoms with Gasteiger partial charge in [0.15, 0.2) is 11.3 Å². The molecule has 3 rings (SSSR count). The highest BCUT2D eigenvalue weighted by Crippen LogP contribution is 2.47. The molecule has 0 spiro atoms. The predicted octanol–water partition coefficient (Wildman–Crippen LogP) is 1.88. The van der Waals surface area contributed by atoms with Gasteiger partial charge >= 0.3 is 5.97 Å². The van der Waals surface area contributed by atoms with Gasteiger partial charge in [-0.1, -0.05) is 0 Å². The first-order valence-electron chi connectivity index (χ1n) is 5.75. The molecule has 0 unspecified atom stereocenters. The van der Waals surface area contributed by atoms with Crippen molar-refractivity contribution in [3.8, 4) is 0 Å². The van der Waals surface area contributed by atoms with E-state index >= 15 is 0 Å². The molecule has 0 saturated heterocycles. The van der Waals surface area contributed by atoms with Crippen molar-refractivity contribution in [3.05, 3.63) is 24.2 Å². The van der Waals surface area contributed by atoms with Crippen LogP contribution >= 0.6 is 0 Å². The average molecular weight is 249 g/mol. The molecule has 94 valence electrons. The van der Waals surface area contributed by atoms with Crippen LogP contribution in [0.4, 0.5) is 4.39 Å². The first-order valence-corrected chi connectivity index (χ1v) is 5.75. The van der Waals surface area contributed by atoms with Gasteiger partial charge in [-0.2, -0.15) is 0 Å². The van der Waals surface area contributed by atoms with E-state index in [1.54, 1.807) is 17.0 Å². The lowest BCUT2D eigenvalue weighted by Gasteiger charge is -2.11. The van der Waals surface area contributed by atoms with E-state index in [2.05, 4.69) is 9.97 Å². The maximum absolute atomic E-state index is 12.9. The van der Waals surface area contributed by atoms with Gasteiger partial charge in [0.05, 0.1) is 13.0 Å². The maximum atomic E-state index is 12.9. The Bertz CT molecular complexity index is 619. The Hall–Kier alpha value is -1.98. The monoisotopic (exact) mass is 249 g/mol. The van der Waals surface area contributed by atoms with Crippen molar-refractivity contribution >= 4 is 17.1 Å². The third-order valence-corrected chi connectivity index (χ3v) is 3.43. The van der Waals surface area contributed by atoms with Crippen LogP contribution in [0.2, 0.25) is 0 Å². The fourth-order valence-electron chi connectivity index (χ4n) is 2.05. The number of rotatable bonds is 4. The molecule has 18 heavy (non-hydrogen) atoms. The number of aromatic carboxylic acids is 1. The summed E-state index contributed by atoms with van der Waals surface area (Å²) in [6, 6.07) is 3.04. The molecule has 0 atom stereocenters. The zero-order chi connectivity index (χ0) is 12.8. The molecule has 1 saturated carbocycles. The van der Waals surface area contributed by atoms with E-state index in [0.717, 1.165) is 12.8 Å². The molecule has 6 heteroatoms. The number of carbonyl (C=O) groups is 1. The molecule has 1 aliphatic carbocycles. The summed E-state index contributed by atoms with van der Waals surface area (Å²) in [7, 11) is 0. The number of pyridine rings is 1. The minimum absolute atomic E-state index is 0.0191. The number of carboxylic acid groups (broad SMARTS) is 1. The van der Waals surface area contributed by atoms with Gasteiger partial charge < -0.3 is 9.67 Å². The Balaban J connectivity index is 2.01. The van der Waals surface area contributed by atoms with Gasteiger partial charge in [-0.3, -0.25) is 4.39 Å².